The molecule has 1 N–H and O–H groups in total. The number of fused-ring (bicyclic) bond motifs is 2. The van der Waals surface area contributed by atoms with Crippen LogP contribution in [0.4, 0.5) is 5.69 Å². The normalized spacial score (nSPS) is 12.7. The molecule has 0 atom stereocenters. The summed E-state index contributed by atoms with van der Waals surface area (Å²) in [5.41, 5.74) is 2.48. The van der Waals surface area contributed by atoms with Gasteiger partial charge in [-0.3, -0.25) is 4.79 Å². The Bertz CT molecular complexity index is 999. The fourth-order valence-corrected chi connectivity index (χ4v) is 3.66. The van der Waals surface area contributed by atoms with E-state index in [-0.39, 0.29) is 12.5 Å². The Labute approximate surface area is 161 Å². The number of amides is 1. The van der Waals surface area contributed by atoms with Crippen LogP contribution < -0.4 is 14.8 Å². The van der Waals surface area contributed by atoms with Crippen molar-refractivity contribution in [3.05, 3.63) is 55.1 Å². The zero-order valence-electron chi connectivity index (χ0n) is 14.7. The van der Waals surface area contributed by atoms with Crippen molar-refractivity contribution in [3.8, 4) is 11.5 Å². The predicted octanol–water partition coefficient (Wildman–Crippen LogP) is 3.72. The fourth-order valence-electron chi connectivity index (χ4n) is 2.92. The number of ether oxygens (including phenoxy) is 2. The largest absolute Gasteiger partial charge is 0.486 e. The molecule has 2 aromatic carbocycles. The SMILES string of the molecule is C=CCSc1nc2ccccc2n1CC(=O)Nc1ccc2c(c1)OCCO2. The van der Waals surface area contributed by atoms with E-state index in [9.17, 15) is 4.79 Å². The summed E-state index contributed by atoms with van der Waals surface area (Å²) in [6.07, 6.45) is 1.82. The van der Waals surface area contributed by atoms with Gasteiger partial charge in [-0.25, -0.2) is 4.98 Å². The Morgan fingerprint density at radius 3 is 2.89 bits per heavy atom. The molecule has 1 amide bonds. The molecule has 1 aliphatic rings. The van der Waals surface area contributed by atoms with Crippen molar-refractivity contribution in [2.75, 3.05) is 24.3 Å². The number of nitrogens with one attached hydrogen (secondary N) is 1. The number of nitrogens with zero attached hydrogens (tertiary/aromatic N) is 2. The van der Waals surface area contributed by atoms with E-state index in [1.807, 2.05) is 47.0 Å². The van der Waals surface area contributed by atoms with Crippen LogP contribution in [0.3, 0.4) is 0 Å². The quantitative estimate of drug-likeness (QED) is 0.521. The topological polar surface area (TPSA) is 65.4 Å². The standard InChI is InChI=1S/C20H19N3O3S/c1-2-11-27-20-22-15-5-3-4-6-16(15)23(20)13-19(24)21-14-7-8-17-18(12-14)26-10-9-25-17/h2-8,12H,1,9-11,13H2,(H,21,24). The van der Waals surface area contributed by atoms with Gasteiger partial charge in [-0.05, 0) is 24.3 Å². The van der Waals surface area contributed by atoms with Crippen molar-refractivity contribution in [2.45, 2.75) is 11.7 Å². The van der Waals surface area contributed by atoms with Crippen LogP contribution in [-0.2, 0) is 11.3 Å². The second-order valence-corrected chi connectivity index (χ2v) is 6.96. The number of anilines is 1. The van der Waals surface area contributed by atoms with Crippen molar-refractivity contribution in [1.29, 1.82) is 0 Å². The van der Waals surface area contributed by atoms with Crippen LogP contribution in [0, 0.1) is 0 Å². The van der Waals surface area contributed by atoms with Crippen molar-refractivity contribution >= 4 is 34.4 Å². The molecule has 0 spiro atoms. The zero-order chi connectivity index (χ0) is 18.6. The van der Waals surface area contributed by atoms with E-state index in [0.717, 1.165) is 21.9 Å². The van der Waals surface area contributed by atoms with Gasteiger partial charge in [0.15, 0.2) is 16.7 Å². The number of thioether (sulfide) groups is 1. The second kappa shape index (κ2) is 7.75. The van der Waals surface area contributed by atoms with Crippen molar-refractivity contribution in [2.24, 2.45) is 0 Å². The highest BCUT2D eigenvalue weighted by molar-refractivity contribution is 7.99. The highest BCUT2D eigenvalue weighted by atomic mass is 32.2. The van der Waals surface area contributed by atoms with E-state index in [1.165, 1.54) is 0 Å². The minimum atomic E-state index is -0.129. The van der Waals surface area contributed by atoms with Crippen molar-refractivity contribution in [1.82, 2.24) is 9.55 Å². The summed E-state index contributed by atoms with van der Waals surface area (Å²) in [5.74, 6) is 1.94. The monoisotopic (exact) mass is 381 g/mol. The molecule has 1 aromatic heterocycles. The lowest BCUT2D eigenvalue weighted by Crippen LogP contribution is -2.20. The summed E-state index contributed by atoms with van der Waals surface area (Å²) >= 11 is 1.56. The number of imidazole rings is 1. The van der Waals surface area contributed by atoms with E-state index in [2.05, 4.69) is 16.9 Å². The van der Waals surface area contributed by atoms with E-state index in [0.29, 0.717) is 30.4 Å². The zero-order valence-corrected chi connectivity index (χ0v) is 15.5. The summed E-state index contributed by atoms with van der Waals surface area (Å²) in [4.78, 5) is 17.3. The number of hydrogen-bond acceptors (Lipinski definition) is 5. The van der Waals surface area contributed by atoms with Crippen LogP contribution in [-0.4, -0.2) is 34.4 Å². The Kier molecular flexibility index (Phi) is 5.02. The van der Waals surface area contributed by atoms with Crippen LogP contribution in [0.5, 0.6) is 11.5 Å². The van der Waals surface area contributed by atoms with E-state index >= 15 is 0 Å². The first-order valence-electron chi connectivity index (χ1n) is 8.63. The molecule has 2 heterocycles. The molecule has 4 rings (SSSR count). The van der Waals surface area contributed by atoms with Gasteiger partial charge in [0.2, 0.25) is 5.91 Å². The third kappa shape index (κ3) is 3.78. The van der Waals surface area contributed by atoms with Gasteiger partial charge in [0, 0.05) is 17.5 Å². The molecular weight excluding hydrogens is 362 g/mol. The maximum absolute atomic E-state index is 12.7. The number of carbonyl (C=O) groups is 1. The third-order valence-corrected chi connectivity index (χ3v) is 5.05. The number of para-hydroxylation sites is 2. The minimum Gasteiger partial charge on any atom is -0.486 e. The van der Waals surface area contributed by atoms with Crippen molar-refractivity contribution in [3.63, 3.8) is 0 Å². The first-order valence-corrected chi connectivity index (χ1v) is 9.61. The third-order valence-electron chi connectivity index (χ3n) is 4.08. The average molecular weight is 381 g/mol. The van der Waals surface area contributed by atoms with Crippen molar-refractivity contribution < 1.29 is 14.3 Å². The Morgan fingerprint density at radius 2 is 2.04 bits per heavy atom. The maximum atomic E-state index is 12.7. The molecule has 0 unspecified atom stereocenters. The average Bonchev–Trinajstić information content (AvgIpc) is 3.03. The van der Waals surface area contributed by atoms with Crippen LogP contribution in [0.25, 0.3) is 11.0 Å². The van der Waals surface area contributed by atoms with Gasteiger partial charge >= 0.3 is 0 Å². The van der Waals surface area contributed by atoms with Crippen LogP contribution in [0.1, 0.15) is 0 Å². The Hall–Kier alpha value is -2.93. The molecule has 3 aromatic rings. The van der Waals surface area contributed by atoms with Gasteiger partial charge in [0.1, 0.15) is 19.8 Å². The van der Waals surface area contributed by atoms with Crippen LogP contribution >= 0.6 is 11.8 Å². The summed E-state index contributed by atoms with van der Waals surface area (Å²) < 4.78 is 13.0. The number of carbonyl (C=O) groups excluding carboxylic acids is 1. The van der Waals surface area contributed by atoms with Gasteiger partial charge in [-0.1, -0.05) is 30.0 Å². The van der Waals surface area contributed by atoms with E-state index in [1.54, 1.807) is 17.8 Å². The van der Waals surface area contributed by atoms with E-state index in [4.69, 9.17) is 9.47 Å². The summed E-state index contributed by atoms with van der Waals surface area (Å²) in [6, 6.07) is 13.2. The molecule has 0 radical (unpaired) electrons. The highest BCUT2D eigenvalue weighted by Crippen LogP contribution is 2.32. The first kappa shape index (κ1) is 17.5. The summed E-state index contributed by atoms with van der Waals surface area (Å²) in [7, 11) is 0. The molecule has 0 aliphatic carbocycles. The van der Waals surface area contributed by atoms with Gasteiger partial charge in [0.25, 0.3) is 0 Å². The molecule has 6 nitrogen and oxygen atoms in total. The predicted molar refractivity (Wildman–Crippen MR) is 107 cm³/mol. The van der Waals surface area contributed by atoms with Gasteiger partial charge in [-0.15, -0.1) is 6.58 Å². The molecule has 27 heavy (non-hydrogen) atoms. The number of rotatable bonds is 6. The highest BCUT2D eigenvalue weighted by Gasteiger charge is 2.16. The lowest BCUT2D eigenvalue weighted by molar-refractivity contribution is -0.116. The number of aromatic nitrogens is 2. The maximum Gasteiger partial charge on any atom is 0.244 e. The molecule has 7 heteroatoms. The van der Waals surface area contributed by atoms with Gasteiger partial charge < -0.3 is 19.4 Å². The molecule has 0 fully saturated rings. The van der Waals surface area contributed by atoms with Gasteiger partial charge in [0.05, 0.1) is 11.0 Å². The molecule has 0 saturated carbocycles. The Balaban J connectivity index is 1.54. The number of benzene rings is 2. The lowest BCUT2D eigenvalue weighted by atomic mass is 10.2. The minimum absolute atomic E-state index is 0.129. The first-order chi connectivity index (χ1) is 13.2. The van der Waals surface area contributed by atoms with Crippen LogP contribution in [0.2, 0.25) is 0 Å². The molecule has 138 valence electrons. The van der Waals surface area contributed by atoms with Gasteiger partial charge in [-0.2, -0.15) is 0 Å². The molecular formula is C20H19N3O3S. The summed E-state index contributed by atoms with van der Waals surface area (Å²) in [6.45, 7) is 4.98. The summed E-state index contributed by atoms with van der Waals surface area (Å²) in [5, 5.41) is 3.73. The molecule has 0 saturated heterocycles. The number of hydrogen-bond donors (Lipinski definition) is 1. The second-order valence-electron chi connectivity index (χ2n) is 5.98. The van der Waals surface area contributed by atoms with E-state index < -0.39 is 0 Å². The van der Waals surface area contributed by atoms with Crippen LogP contribution in [0.15, 0.2) is 60.3 Å². The molecule has 1 aliphatic heterocycles. The smallest absolute Gasteiger partial charge is 0.244 e. The fraction of sp³-hybridized carbons (Fsp3) is 0.200. The lowest BCUT2D eigenvalue weighted by Gasteiger charge is -2.19. The molecule has 0 bridgehead atoms. The Morgan fingerprint density at radius 1 is 1.22 bits per heavy atom.